The molecule has 1 unspecified atom stereocenters. The van der Waals surface area contributed by atoms with Crippen LogP contribution >= 0.6 is 0 Å². The number of aliphatic hydroxyl groups is 1. The van der Waals surface area contributed by atoms with E-state index in [9.17, 15) is 4.79 Å². The molecule has 1 amide bonds. The van der Waals surface area contributed by atoms with Gasteiger partial charge in [-0.15, -0.1) is 0 Å². The van der Waals surface area contributed by atoms with Crippen LogP contribution in [0.15, 0.2) is 48.8 Å². The molecule has 1 N–H and O–H groups in total. The van der Waals surface area contributed by atoms with Gasteiger partial charge in [-0.25, -0.2) is 19.9 Å². The minimum Gasteiger partial charge on any atom is -0.490 e. The number of anilines is 1. The number of aliphatic hydroxyl groups excluding tert-OH is 1. The molecule has 10 nitrogen and oxygen atoms in total. The van der Waals surface area contributed by atoms with Gasteiger partial charge in [0.1, 0.15) is 35.8 Å². The van der Waals surface area contributed by atoms with Gasteiger partial charge in [0.05, 0.1) is 5.69 Å². The monoisotopic (exact) mass is 511 g/mol. The van der Waals surface area contributed by atoms with Crippen LogP contribution < -0.4 is 9.64 Å². The first-order valence-corrected chi connectivity index (χ1v) is 13.2. The van der Waals surface area contributed by atoms with Gasteiger partial charge in [0, 0.05) is 55.6 Å². The minimum atomic E-state index is -0.462. The number of amides is 1. The number of carbonyl (C=O) groups is 1. The van der Waals surface area contributed by atoms with Gasteiger partial charge in [0.2, 0.25) is 11.9 Å². The first-order valence-electron chi connectivity index (χ1n) is 13.2. The number of aromatic nitrogens is 5. The Morgan fingerprint density at radius 3 is 2.79 bits per heavy atom. The van der Waals surface area contributed by atoms with Gasteiger partial charge in [-0.05, 0) is 38.0 Å². The van der Waals surface area contributed by atoms with Crippen molar-refractivity contribution in [2.75, 3.05) is 37.7 Å². The smallest absolute Gasteiger partial charge is 0.248 e. The molecular formula is C28H29N7O3. The van der Waals surface area contributed by atoms with Gasteiger partial charge in [-0.3, -0.25) is 9.36 Å². The number of benzene rings is 1. The van der Waals surface area contributed by atoms with Crippen molar-refractivity contribution < 1.29 is 14.6 Å². The van der Waals surface area contributed by atoms with E-state index in [4.69, 9.17) is 19.8 Å². The number of para-hydroxylation sites is 1. The third-order valence-electron chi connectivity index (χ3n) is 8.15. The molecule has 1 fully saturated rings. The minimum absolute atomic E-state index is 0.0468. The van der Waals surface area contributed by atoms with Crippen molar-refractivity contribution >= 4 is 23.0 Å². The summed E-state index contributed by atoms with van der Waals surface area (Å²) in [7, 11) is 0. The molecule has 0 aliphatic carbocycles. The summed E-state index contributed by atoms with van der Waals surface area (Å²) in [5.74, 6) is 2.37. The number of hydrogen-bond acceptors (Lipinski definition) is 8. The number of nitrogens with zero attached hydrogens (tertiary/aromatic N) is 7. The second-order valence-corrected chi connectivity index (χ2v) is 10.4. The zero-order chi connectivity index (χ0) is 25.9. The summed E-state index contributed by atoms with van der Waals surface area (Å²) in [6.45, 7) is 3.84. The predicted octanol–water partition coefficient (Wildman–Crippen LogP) is 2.39. The number of hydrogen-bond donors (Lipinski definition) is 1. The Hall–Kier alpha value is -4.05. The van der Waals surface area contributed by atoms with Crippen LogP contribution in [0.5, 0.6) is 5.75 Å². The lowest BCUT2D eigenvalue weighted by Gasteiger charge is -2.39. The van der Waals surface area contributed by atoms with Crippen molar-refractivity contribution in [1.82, 2.24) is 29.4 Å². The van der Waals surface area contributed by atoms with Crippen LogP contribution in [0, 0.1) is 0 Å². The van der Waals surface area contributed by atoms with Gasteiger partial charge < -0.3 is 19.6 Å². The van der Waals surface area contributed by atoms with Crippen molar-refractivity contribution in [3.63, 3.8) is 0 Å². The second kappa shape index (κ2) is 8.76. The van der Waals surface area contributed by atoms with Crippen LogP contribution in [0.4, 0.5) is 5.95 Å². The zero-order valence-electron chi connectivity index (χ0n) is 21.2. The van der Waals surface area contributed by atoms with Gasteiger partial charge in [-0.1, -0.05) is 18.2 Å². The fourth-order valence-corrected chi connectivity index (χ4v) is 6.26. The second-order valence-electron chi connectivity index (χ2n) is 10.4. The highest BCUT2D eigenvalue weighted by atomic mass is 16.5. The lowest BCUT2D eigenvalue weighted by Crippen LogP contribution is -2.54. The number of piperazine rings is 1. The van der Waals surface area contributed by atoms with E-state index in [1.807, 2.05) is 43.6 Å². The van der Waals surface area contributed by atoms with Crippen LogP contribution in [-0.4, -0.2) is 79.3 Å². The van der Waals surface area contributed by atoms with E-state index in [0.717, 1.165) is 53.3 Å². The molecule has 7 rings (SSSR count). The predicted molar refractivity (Wildman–Crippen MR) is 141 cm³/mol. The van der Waals surface area contributed by atoms with Gasteiger partial charge in [0.25, 0.3) is 0 Å². The molecule has 6 heterocycles. The number of pyridine rings is 1. The van der Waals surface area contributed by atoms with E-state index in [1.165, 1.54) is 5.56 Å². The standard InChI is InChI=1S/C28H29N7O3/c1-18-15-33(25(37)16-36)11-12-34(18)27-29-13-19(14-30-27)21-8-9-22-26(32-21)35-24(31-22)7-4-10-28(35)17-38-23-6-3-2-5-20(23)28/h2-3,5-6,8-9,13-14,18,36H,4,7,10-12,15-17H2,1H3/t18-,28?/m1/s1. The number of imidazole rings is 1. The van der Waals surface area contributed by atoms with E-state index in [0.29, 0.717) is 32.2 Å². The molecule has 2 atom stereocenters. The molecule has 3 aromatic heterocycles. The maximum Gasteiger partial charge on any atom is 0.248 e. The maximum absolute atomic E-state index is 11.9. The molecule has 1 saturated heterocycles. The van der Waals surface area contributed by atoms with Crippen molar-refractivity contribution in [2.24, 2.45) is 0 Å². The number of aryl methyl sites for hydroxylation is 1. The molecule has 38 heavy (non-hydrogen) atoms. The summed E-state index contributed by atoms with van der Waals surface area (Å²) in [6, 6.07) is 12.4. The molecule has 0 radical (unpaired) electrons. The summed E-state index contributed by atoms with van der Waals surface area (Å²) in [4.78, 5) is 35.0. The summed E-state index contributed by atoms with van der Waals surface area (Å²) in [5.41, 5.74) is 4.29. The van der Waals surface area contributed by atoms with E-state index in [-0.39, 0.29) is 17.5 Å². The Morgan fingerprint density at radius 2 is 1.97 bits per heavy atom. The highest BCUT2D eigenvalue weighted by Crippen LogP contribution is 2.47. The van der Waals surface area contributed by atoms with Crippen LogP contribution in [0.25, 0.3) is 22.4 Å². The first kappa shape index (κ1) is 23.1. The number of carbonyl (C=O) groups excluding carboxylic acids is 1. The first-order chi connectivity index (χ1) is 18.6. The Bertz CT molecular complexity index is 1540. The van der Waals surface area contributed by atoms with Crippen molar-refractivity contribution in [2.45, 2.75) is 37.8 Å². The Kier molecular flexibility index (Phi) is 5.33. The Balaban J connectivity index is 1.21. The van der Waals surface area contributed by atoms with E-state index in [2.05, 4.69) is 31.6 Å². The number of ether oxygens (including phenoxy) is 1. The topological polar surface area (TPSA) is 110 Å². The Morgan fingerprint density at radius 1 is 1.13 bits per heavy atom. The largest absolute Gasteiger partial charge is 0.490 e. The lowest BCUT2D eigenvalue weighted by molar-refractivity contribution is -0.134. The molecular weight excluding hydrogens is 482 g/mol. The molecule has 3 aliphatic heterocycles. The third kappa shape index (κ3) is 3.47. The van der Waals surface area contributed by atoms with Gasteiger partial charge in [-0.2, -0.15) is 0 Å². The maximum atomic E-state index is 11.9. The van der Waals surface area contributed by atoms with Gasteiger partial charge >= 0.3 is 0 Å². The van der Waals surface area contributed by atoms with Gasteiger partial charge in [0.15, 0.2) is 5.65 Å². The SMILES string of the molecule is C[C@@H]1CN(C(=O)CO)CCN1c1ncc(-c2ccc3nc4n(c3n2)C2(CCC4)COc3ccccc32)cn1. The fourth-order valence-electron chi connectivity index (χ4n) is 6.26. The lowest BCUT2D eigenvalue weighted by atomic mass is 9.83. The normalized spacial score (nSPS) is 22.4. The van der Waals surface area contributed by atoms with E-state index < -0.39 is 6.61 Å². The van der Waals surface area contributed by atoms with Crippen LogP contribution in [0.2, 0.25) is 0 Å². The number of fused-ring (bicyclic) bond motifs is 6. The third-order valence-corrected chi connectivity index (χ3v) is 8.15. The molecule has 0 saturated carbocycles. The van der Waals surface area contributed by atoms with Crippen LogP contribution in [-0.2, 0) is 16.8 Å². The number of rotatable bonds is 3. The van der Waals surface area contributed by atoms with Crippen molar-refractivity contribution in [3.8, 4) is 17.0 Å². The fraction of sp³-hybridized carbons (Fsp3) is 0.393. The average Bonchev–Trinajstić information content (AvgIpc) is 3.52. The molecule has 194 valence electrons. The zero-order valence-corrected chi connectivity index (χ0v) is 21.2. The molecule has 1 aromatic carbocycles. The van der Waals surface area contributed by atoms with Crippen molar-refractivity contribution in [1.29, 1.82) is 0 Å². The molecule has 3 aliphatic rings. The summed E-state index contributed by atoms with van der Waals surface area (Å²) >= 11 is 0. The quantitative estimate of drug-likeness (QED) is 0.447. The highest BCUT2D eigenvalue weighted by Gasteiger charge is 2.46. The molecule has 10 heteroatoms. The highest BCUT2D eigenvalue weighted by molar-refractivity contribution is 5.78. The Labute approximate surface area is 219 Å². The summed E-state index contributed by atoms with van der Waals surface area (Å²) in [6.07, 6.45) is 6.59. The molecule has 1 spiro atoms. The van der Waals surface area contributed by atoms with Crippen LogP contribution in [0.1, 0.15) is 31.2 Å². The molecule has 0 bridgehead atoms. The van der Waals surface area contributed by atoms with E-state index >= 15 is 0 Å². The van der Waals surface area contributed by atoms with Crippen LogP contribution in [0.3, 0.4) is 0 Å². The summed E-state index contributed by atoms with van der Waals surface area (Å²) < 4.78 is 8.46. The van der Waals surface area contributed by atoms with Crippen molar-refractivity contribution in [3.05, 3.63) is 60.2 Å². The average molecular weight is 512 g/mol. The molecule has 4 aromatic rings. The van der Waals surface area contributed by atoms with E-state index in [1.54, 1.807) is 4.90 Å². The summed E-state index contributed by atoms with van der Waals surface area (Å²) in [5, 5.41) is 9.17.